The molecule has 1 aromatic heterocycles. The number of benzene rings is 1. The molecule has 4 rings (SSSR count). The van der Waals surface area contributed by atoms with Crippen LogP contribution in [0.3, 0.4) is 0 Å². The van der Waals surface area contributed by atoms with Gasteiger partial charge in [-0.3, -0.25) is 4.57 Å². The van der Waals surface area contributed by atoms with Gasteiger partial charge in [0.2, 0.25) is 0 Å². The highest BCUT2D eigenvalue weighted by Crippen LogP contribution is 2.56. The van der Waals surface area contributed by atoms with E-state index >= 15 is 0 Å². The Bertz CT molecular complexity index is 830. The molecule has 26 heavy (non-hydrogen) atoms. The van der Waals surface area contributed by atoms with Gasteiger partial charge in [-0.25, -0.2) is 4.79 Å². The van der Waals surface area contributed by atoms with Crippen molar-refractivity contribution in [2.24, 2.45) is 11.1 Å². The second-order valence-electron chi connectivity index (χ2n) is 8.13. The van der Waals surface area contributed by atoms with E-state index < -0.39 is 0 Å². The van der Waals surface area contributed by atoms with Crippen molar-refractivity contribution in [2.45, 2.75) is 44.2 Å². The molecule has 0 bridgehead atoms. The van der Waals surface area contributed by atoms with E-state index in [2.05, 4.69) is 29.1 Å². The molecule has 0 atom stereocenters. The Kier molecular flexibility index (Phi) is 4.32. The third kappa shape index (κ3) is 3.27. The zero-order valence-electron chi connectivity index (χ0n) is 15.3. The van der Waals surface area contributed by atoms with Crippen LogP contribution in [0.1, 0.15) is 31.2 Å². The molecule has 0 radical (unpaired) electrons. The van der Waals surface area contributed by atoms with E-state index in [0.29, 0.717) is 17.5 Å². The van der Waals surface area contributed by atoms with Gasteiger partial charge in [0, 0.05) is 24.8 Å². The summed E-state index contributed by atoms with van der Waals surface area (Å²) in [6, 6.07) is 10.9. The number of hydrogen-bond acceptors (Lipinski definition) is 5. The maximum absolute atomic E-state index is 11.9. The fourth-order valence-corrected chi connectivity index (χ4v) is 4.56. The molecule has 2 aliphatic rings. The van der Waals surface area contributed by atoms with Crippen LogP contribution in [0.25, 0.3) is 5.69 Å². The number of likely N-dealkylation sites (N-methyl/N-ethyl adjacent to an activating group) is 1. The van der Waals surface area contributed by atoms with Gasteiger partial charge < -0.3 is 16.4 Å². The predicted molar refractivity (Wildman–Crippen MR) is 103 cm³/mol. The van der Waals surface area contributed by atoms with E-state index in [0.717, 1.165) is 18.7 Å². The fourth-order valence-electron chi connectivity index (χ4n) is 4.56. The van der Waals surface area contributed by atoms with Gasteiger partial charge in [-0.15, -0.1) is 0 Å². The molecule has 138 valence electrons. The van der Waals surface area contributed by atoms with E-state index in [-0.39, 0.29) is 11.5 Å². The Morgan fingerprint density at radius 3 is 2.50 bits per heavy atom. The average Bonchev–Trinajstić information content (AvgIpc) is 2.55. The molecule has 6 nitrogen and oxygen atoms in total. The van der Waals surface area contributed by atoms with E-state index in [9.17, 15) is 4.79 Å². The van der Waals surface area contributed by atoms with E-state index in [1.54, 1.807) is 12.3 Å². The largest absolute Gasteiger partial charge is 0.383 e. The van der Waals surface area contributed by atoms with Gasteiger partial charge in [0.05, 0.1) is 5.69 Å². The first-order valence-electron chi connectivity index (χ1n) is 9.34. The van der Waals surface area contributed by atoms with Crippen LogP contribution in [-0.4, -0.2) is 40.1 Å². The van der Waals surface area contributed by atoms with Crippen LogP contribution in [0.2, 0.25) is 0 Å². The first kappa shape index (κ1) is 17.2. The zero-order chi connectivity index (χ0) is 18.3. The van der Waals surface area contributed by atoms with Gasteiger partial charge in [-0.05, 0) is 68.3 Å². The number of hydrogen-bond donors (Lipinski definition) is 2. The predicted octanol–water partition coefficient (Wildman–Crippen LogP) is 1.56. The Hall–Kier alpha value is -2.18. The van der Waals surface area contributed by atoms with Gasteiger partial charge in [-0.2, -0.15) is 4.98 Å². The highest BCUT2D eigenvalue weighted by atomic mass is 16.1. The monoisotopic (exact) mass is 353 g/mol. The van der Waals surface area contributed by atoms with Gasteiger partial charge >= 0.3 is 5.69 Å². The summed E-state index contributed by atoms with van der Waals surface area (Å²) in [6.07, 6.45) is 7.73. The molecule has 2 saturated carbocycles. The number of rotatable bonds is 5. The van der Waals surface area contributed by atoms with Crippen molar-refractivity contribution in [3.63, 3.8) is 0 Å². The first-order chi connectivity index (χ1) is 12.4. The molecule has 2 aliphatic carbocycles. The normalized spacial score (nSPS) is 27.3. The Balaban J connectivity index is 1.31. The third-order valence-corrected chi connectivity index (χ3v) is 6.14. The van der Waals surface area contributed by atoms with Gasteiger partial charge in [0.15, 0.2) is 0 Å². The molecule has 1 heterocycles. The van der Waals surface area contributed by atoms with Crippen LogP contribution in [0, 0.1) is 5.41 Å². The molecule has 1 spiro atoms. The van der Waals surface area contributed by atoms with E-state index in [1.807, 2.05) is 12.1 Å². The highest BCUT2D eigenvalue weighted by molar-refractivity contribution is 5.36. The summed E-state index contributed by atoms with van der Waals surface area (Å²) < 4.78 is 1.50. The summed E-state index contributed by atoms with van der Waals surface area (Å²) in [6.45, 7) is 1.05. The van der Waals surface area contributed by atoms with Crippen LogP contribution in [-0.2, 0) is 6.42 Å². The van der Waals surface area contributed by atoms with Crippen molar-refractivity contribution < 1.29 is 0 Å². The molecule has 6 heteroatoms. The van der Waals surface area contributed by atoms with E-state index in [1.165, 1.54) is 35.8 Å². The van der Waals surface area contributed by atoms with Crippen molar-refractivity contribution in [3.8, 4) is 5.69 Å². The van der Waals surface area contributed by atoms with Crippen molar-refractivity contribution in [1.29, 1.82) is 0 Å². The Morgan fingerprint density at radius 2 is 1.88 bits per heavy atom. The lowest BCUT2D eigenvalue weighted by Gasteiger charge is -2.59. The number of nitrogens with zero attached hydrogens (tertiary/aromatic N) is 3. The smallest absolute Gasteiger partial charge is 0.354 e. The molecule has 0 unspecified atom stereocenters. The zero-order valence-corrected chi connectivity index (χ0v) is 15.3. The van der Waals surface area contributed by atoms with Gasteiger partial charge in [-0.1, -0.05) is 12.1 Å². The van der Waals surface area contributed by atoms with Crippen LogP contribution in [0.5, 0.6) is 0 Å². The maximum Gasteiger partial charge on any atom is 0.354 e. The van der Waals surface area contributed by atoms with Crippen molar-refractivity contribution in [1.82, 2.24) is 14.5 Å². The molecule has 2 fully saturated rings. The van der Waals surface area contributed by atoms with Gasteiger partial charge in [0.25, 0.3) is 0 Å². The number of aromatic nitrogens is 2. The van der Waals surface area contributed by atoms with Crippen molar-refractivity contribution in [3.05, 3.63) is 52.6 Å². The summed E-state index contributed by atoms with van der Waals surface area (Å²) in [5.74, 6) is 0.243. The van der Waals surface area contributed by atoms with Crippen LogP contribution >= 0.6 is 0 Å². The Labute approximate surface area is 153 Å². The van der Waals surface area contributed by atoms with E-state index in [4.69, 9.17) is 11.5 Å². The summed E-state index contributed by atoms with van der Waals surface area (Å²) >= 11 is 0. The summed E-state index contributed by atoms with van der Waals surface area (Å²) in [5, 5.41) is 0. The number of nitrogen functional groups attached to an aromatic ring is 1. The lowest BCUT2D eigenvalue weighted by Crippen LogP contribution is -2.59. The SMILES string of the molecule is CN(CCc1ccc(-n2ccc(N)nc2=O)cc1)C1CC2(CC(N)C2)C1. The minimum Gasteiger partial charge on any atom is -0.383 e. The quantitative estimate of drug-likeness (QED) is 0.851. The molecular weight excluding hydrogens is 326 g/mol. The average molecular weight is 353 g/mol. The summed E-state index contributed by atoms with van der Waals surface area (Å²) in [5.41, 5.74) is 13.8. The van der Waals surface area contributed by atoms with Crippen LogP contribution < -0.4 is 17.2 Å². The molecule has 0 aliphatic heterocycles. The van der Waals surface area contributed by atoms with Crippen LogP contribution in [0.4, 0.5) is 5.82 Å². The van der Waals surface area contributed by atoms with Crippen LogP contribution in [0.15, 0.2) is 41.3 Å². The standard InChI is InChI=1S/C20H27N5O/c1-24(17-12-20(13-17)10-15(21)11-20)8-6-14-2-4-16(5-3-14)25-9-7-18(22)23-19(25)26/h2-5,7,9,15,17H,6,8,10-13,21H2,1H3,(H2,22,23,26). The molecule has 0 saturated heterocycles. The number of nitrogens with two attached hydrogens (primary N) is 2. The summed E-state index contributed by atoms with van der Waals surface area (Å²) in [7, 11) is 2.23. The van der Waals surface area contributed by atoms with Gasteiger partial charge in [0.1, 0.15) is 5.82 Å². The van der Waals surface area contributed by atoms with Crippen molar-refractivity contribution in [2.75, 3.05) is 19.3 Å². The second-order valence-corrected chi connectivity index (χ2v) is 8.13. The Morgan fingerprint density at radius 1 is 1.19 bits per heavy atom. The minimum absolute atomic E-state index is 0.243. The maximum atomic E-state index is 11.9. The first-order valence-corrected chi connectivity index (χ1v) is 9.34. The molecule has 1 aromatic carbocycles. The lowest BCUT2D eigenvalue weighted by atomic mass is 9.52. The van der Waals surface area contributed by atoms with Crippen molar-refractivity contribution >= 4 is 5.82 Å². The lowest BCUT2D eigenvalue weighted by molar-refractivity contribution is -0.0577. The highest BCUT2D eigenvalue weighted by Gasteiger charge is 2.52. The summed E-state index contributed by atoms with van der Waals surface area (Å²) in [4.78, 5) is 18.2. The number of anilines is 1. The molecule has 4 N–H and O–H groups in total. The molecule has 0 amide bonds. The second kappa shape index (κ2) is 6.52. The molecular formula is C20H27N5O. The third-order valence-electron chi connectivity index (χ3n) is 6.14. The fraction of sp³-hybridized carbons (Fsp3) is 0.500. The topological polar surface area (TPSA) is 90.2 Å². The molecule has 2 aromatic rings. The minimum atomic E-state index is -0.355.